The van der Waals surface area contributed by atoms with Crippen molar-refractivity contribution in [2.24, 2.45) is 5.73 Å². The van der Waals surface area contributed by atoms with Gasteiger partial charge in [0.2, 0.25) is 0 Å². The number of rotatable bonds is 2. The van der Waals surface area contributed by atoms with Crippen LogP contribution >= 0.6 is 36.4 Å². The molecule has 0 saturated heterocycles. The van der Waals surface area contributed by atoms with Gasteiger partial charge in [0.25, 0.3) is 0 Å². The minimum atomic E-state index is -0.103. The molecule has 0 spiro atoms. The third-order valence-corrected chi connectivity index (χ3v) is 2.82. The van der Waals surface area contributed by atoms with Crippen molar-refractivity contribution in [1.29, 1.82) is 0 Å². The molecule has 2 N–H and O–H groups in total. The van der Waals surface area contributed by atoms with Crippen LogP contribution in [0.5, 0.6) is 0 Å². The van der Waals surface area contributed by atoms with Gasteiger partial charge in [0.05, 0.1) is 12.2 Å². The molecule has 1 aromatic heterocycles. The quantitative estimate of drug-likeness (QED) is 0.912. The van der Waals surface area contributed by atoms with Gasteiger partial charge in [-0.05, 0) is 18.2 Å². The van der Waals surface area contributed by atoms with Gasteiger partial charge in [-0.3, -0.25) is 0 Å². The van der Waals surface area contributed by atoms with Crippen LogP contribution in [0, 0.1) is 0 Å². The molecule has 0 aliphatic rings. The Bertz CT molecular complexity index is 561. The summed E-state index contributed by atoms with van der Waals surface area (Å²) in [5.74, 6) is 1.52. The summed E-state index contributed by atoms with van der Waals surface area (Å²) in [6.45, 7) is 6.57. The van der Waals surface area contributed by atoms with Crippen molar-refractivity contribution in [3.63, 3.8) is 0 Å². The van der Waals surface area contributed by atoms with Crippen LogP contribution in [-0.4, -0.2) is 14.8 Å². The molecule has 4 nitrogen and oxygen atoms in total. The van der Waals surface area contributed by atoms with Crippen molar-refractivity contribution in [3.05, 3.63) is 40.9 Å². The third-order valence-electron chi connectivity index (χ3n) is 2.58. The lowest BCUT2D eigenvalue weighted by Crippen LogP contribution is -2.14. The number of aromatic nitrogens is 3. The van der Waals surface area contributed by atoms with Crippen LogP contribution in [0.1, 0.15) is 32.4 Å². The lowest BCUT2D eigenvalue weighted by Gasteiger charge is -2.12. The SMILES string of the molecule is CC(C)(C)c1nc(CN)n(-c2cccc(Cl)c2)n1.Cl.Cl. The highest BCUT2D eigenvalue weighted by Gasteiger charge is 2.21. The molecule has 0 saturated carbocycles. The first kappa shape index (κ1) is 19.2. The van der Waals surface area contributed by atoms with Crippen molar-refractivity contribution < 1.29 is 0 Å². The number of halogens is 3. The van der Waals surface area contributed by atoms with E-state index in [2.05, 4.69) is 30.9 Å². The topological polar surface area (TPSA) is 56.7 Å². The molecule has 1 heterocycles. The van der Waals surface area contributed by atoms with E-state index in [9.17, 15) is 0 Å². The molecule has 20 heavy (non-hydrogen) atoms. The van der Waals surface area contributed by atoms with Crippen LogP contribution in [0.4, 0.5) is 0 Å². The van der Waals surface area contributed by atoms with Crippen molar-refractivity contribution in [2.45, 2.75) is 32.7 Å². The van der Waals surface area contributed by atoms with E-state index in [0.717, 1.165) is 17.3 Å². The largest absolute Gasteiger partial charge is 0.324 e. The lowest BCUT2D eigenvalue weighted by molar-refractivity contribution is 0.543. The van der Waals surface area contributed by atoms with E-state index in [4.69, 9.17) is 17.3 Å². The van der Waals surface area contributed by atoms with Crippen molar-refractivity contribution in [2.75, 3.05) is 0 Å². The Kier molecular flexibility index (Phi) is 6.98. The van der Waals surface area contributed by atoms with Crippen LogP contribution in [0.2, 0.25) is 5.02 Å². The fourth-order valence-corrected chi connectivity index (χ4v) is 1.79. The van der Waals surface area contributed by atoms with E-state index >= 15 is 0 Å². The van der Waals surface area contributed by atoms with Gasteiger partial charge in [-0.2, -0.15) is 5.10 Å². The predicted molar refractivity (Wildman–Crippen MR) is 87.5 cm³/mol. The van der Waals surface area contributed by atoms with Crippen LogP contribution in [-0.2, 0) is 12.0 Å². The minimum absolute atomic E-state index is 0. The van der Waals surface area contributed by atoms with Gasteiger partial charge >= 0.3 is 0 Å². The fraction of sp³-hybridized carbons (Fsp3) is 0.385. The Morgan fingerprint density at radius 1 is 1.25 bits per heavy atom. The maximum absolute atomic E-state index is 5.99. The average molecular weight is 338 g/mol. The van der Waals surface area contributed by atoms with Gasteiger partial charge in [-0.1, -0.05) is 38.4 Å². The maximum Gasteiger partial charge on any atom is 0.156 e. The van der Waals surface area contributed by atoms with Crippen LogP contribution < -0.4 is 5.73 Å². The number of nitrogens with two attached hydrogens (primary N) is 1. The average Bonchev–Trinajstić information content (AvgIpc) is 2.72. The Hall–Kier alpha value is -0.810. The zero-order valence-corrected chi connectivity index (χ0v) is 14.0. The van der Waals surface area contributed by atoms with Gasteiger partial charge in [-0.15, -0.1) is 24.8 Å². The summed E-state index contributed by atoms with van der Waals surface area (Å²) in [4.78, 5) is 4.49. The monoisotopic (exact) mass is 336 g/mol. The van der Waals surface area contributed by atoms with Crippen molar-refractivity contribution >= 4 is 36.4 Å². The van der Waals surface area contributed by atoms with Crippen LogP contribution in [0.15, 0.2) is 24.3 Å². The molecule has 0 unspecified atom stereocenters. The van der Waals surface area contributed by atoms with E-state index in [1.165, 1.54) is 0 Å². The number of hydrogen-bond acceptors (Lipinski definition) is 3. The fourth-order valence-electron chi connectivity index (χ4n) is 1.61. The van der Waals surface area contributed by atoms with Gasteiger partial charge in [-0.25, -0.2) is 9.67 Å². The van der Waals surface area contributed by atoms with Gasteiger partial charge in [0.1, 0.15) is 5.82 Å². The third kappa shape index (κ3) is 4.09. The first-order valence-corrected chi connectivity index (χ1v) is 6.22. The normalized spacial score (nSPS) is 10.7. The zero-order chi connectivity index (χ0) is 13.3. The summed E-state index contributed by atoms with van der Waals surface area (Å²) in [6.07, 6.45) is 0. The van der Waals surface area contributed by atoms with Gasteiger partial charge < -0.3 is 5.73 Å². The molecular weight excluding hydrogens is 319 g/mol. The number of hydrogen-bond donors (Lipinski definition) is 1. The molecule has 2 rings (SSSR count). The first-order chi connectivity index (χ1) is 8.41. The first-order valence-electron chi connectivity index (χ1n) is 5.84. The standard InChI is InChI=1S/C13H17ClN4.2ClH/c1-13(2,3)12-16-11(8-15)18(17-12)10-6-4-5-9(14)7-10;;/h4-7H,8,15H2,1-3H3;2*1H. The predicted octanol–water partition coefficient (Wildman–Crippen LogP) is 3.52. The Labute approximate surface area is 136 Å². The summed E-state index contributed by atoms with van der Waals surface area (Å²) in [5.41, 5.74) is 6.50. The van der Waals surface area contributed by atoms with Gasteiger partial charge in [0.15, 0.2) is 5.82 Å². The molecule has 0 aliphatic carbocycles. The maximum atomic E-state index is 5.99. The van der Waals surface area contributed by atoms with E-state index in [-0.39, 0.29) is 30.2 Å². The molecule has 0 bridgehead atoms. The molecule has 1 aromatic carbocycles. The summed E-state index contributed by atoms with van der Waals surface area (Å²) in [6, 6.07) is 7.50. The van der Waals surface area contributed by atoms with Crippen molar-refractivity contribution in [3.8, 4) is 5.69 Å². The molecule has 2 aromatic rings. The second-order valence-electron chi connectivity index (χ2n) is 5.20. The zero-order valence-electron chi connectivity index (χ0n) is 11.6. The Morgan fingerprint density at radius 2 is 1.90 bits per heavy atom. The smallest absolute Gasteiger partial charge is 0.156 e. The molecule has 0 radical (unpaired) electrons. The molecule has 7 heteroatoms. The summed E-state index contributed by atoms with van der Waals surface area (Å²) in [5, 5.41) is 5.20. The highest BCUT2D eigenvalue weighted by atomic mass is 35.5. The summed E-state index contributed by atoms with van der Waals surface area (Å²) in [7, 11) is 0. The number of nitrogens with zero attached hydrogens (tertiary/aromatic N) is 3. The highest BCUT2D eigenvalue weighted by Crippen LogP contribution is 2.21. The number of benzene rings is 1. The minimum Gasteiger partial charge on any atom is -0.324 e. The second-order valence-corrected chi connectivity index (χ2v) is 5.63. The molecule has 0 aliphatic heterocycles. The van der Waals surface area contributed by atoms with Crippen LogP contribution in [0.3, 0.4) is 0 Å². The van der Waals surface area contributed by atoms with Crippen molar-refractivity contribution in [1.82, 2.24) is 14.8 Å². The summed E-state index contributed by atoms with van der Waals surface area (Å²) < 4.78 is 1.76. The molecular formula is C13H19Cl3N4. The molecule has 0 fully saturated rings. The van der Waals surface area contributed by atoms with Gasteiger partial charge in [0, 0.05) is 10.4 Å². The summed E-state index contributed by atoms with van der Waals surface area (Å²) >= 11 is 5.99. The molecule has 0 atom stereocenters. The van der Waals surface area contributed by atoms with E-state index in [0.29, 0.717) is 11.6 Å². The van der Waals surface area contributed by atoms with E-state index < -0.39 is 0 Å². The van der Waals surface area contributed by atoms with Crippen LogP contribution in [0.25, 0.3) is 5.69 Å². The second kappa shape index (κ2) is 7.27. The van der Waals surface area contributed by atoms with E-state index in [1.807, 2.05) is 24.3 Å². The molecule has 0 amide bonds. The Morgan fingerprint density at radius 3 is 2.40 bits per heavy atom. The lowest BCUT2D eigenvalue weighted by atomic mass is 9.96. The highest BCUT2D eigenvalue weighted by molar-refractivity contribution is 6.30. The van der Waals surface area contributed by atoms with E-state index in [1.54, 1.807) is 4.68 Å². The molecule has 112 valence electrons. The Balaban J connectivity index is 0.00000180.